The third kappa shape index (κ3) is 1.19. The summed E-state index contributed by atoms with van der Waals surface area (Å²) in [5, 5.41) is 0. The Morgan fingerprint density at radius 3 is 3.08 bits per heavy atom. The number of rotatable bonds is 1. The monoisotopic (exact) mass is 199 g/mol. The average molecular weight is 200 g/mol. The number of hydrogen-bond acceptors (Lipinski definition) is 2. The van der Waals surface area contributed by atoms with Crippen molar-refractivity contribution in [1.82, 2.24) is 0 Å². The van der Waals surface area contributed by atoms with E-state index < -0.39 is 10.8 Å². The molecule has 4 heteroatoms. The Morgan fingerprint density at radius 1 is 1.50 bits per heavy atom. The van der Waals surface area contributed by atoms with Crippen LogP contribution in [0.2, 0.25) is 0 Å². The van der Waals surface area contributed by atoms with Gasteiger partial charge in [0.25, 0.3) is 0 Å². The molecule has 0 fully saturated rings. The van der Waals surface area contributed by atoms with Gasteiger partial charge >= 0.3 is 0 Å². The molecule has 0 radical (unpaired) electrons. The van der Waals surface area contributed by atoms with Crippen LogP contribution >= 0.6 is 11.6 Å². The molecule has 2 rings (SSSR count). The SMILES string of the molecule is O=S1C=Nc2ccc(CCl)cc21. The smallest absolute Gasteiger partial charge is 0.0984 e. The Bertz CT molecular complexity index is 375. The molecule has 0 spiro atoms. The van der Waals surface area contributed by atoms with Gasteiger partial charge in [-0.05, 0) is 17.7 Å². The molecule has 1 unspecified atom stereocenters. The first kappa shape index (κ1) is 7.95. The van der Waals surface area contributed by atoms with Crippen molar-refractivity contribution >= 4 is 33.6 Å². The van der Waals surface area contributed by atoms with E-state index in [1.807, 2.05) is 18.2 Å². The number of hydrogen-bond donors (Lipinski definition) is 0. The first-order chi connectivity index (χ1) is 5.81. The standard InChI is InChI=1S/C8H6ClNOS/c9-4-6-1-2-7-8(3-6)12(11)5-10-7/h1-3,5H,4H2. The highest BCUT2D eigenvalue weighted by atomic mass is 35.5. The summed E-state index contributed by atoms with van der Waals surface area (Å²) in [7, 11) is -1.06. The zero-order valence-corrected chi connectivity index (χ0v) is 7.73. The normalized spacial score (nSPS) is 19.6. The van der Waals surface area contributed by atoms with Crippen molar-refractivity contribution in [2.75, 3.05) is 0 Å². The van der Waals surface area contributed by atoms with Crippen molar-refractivity contribution in [2.24, 2.45) is 4.99 Å². The predicted octanol–water partition coefficient (Wildman–Crippen LogP) is 2.21. The zero-order chi connectivity index (χ0) is 8.55. The Balaban J connectivity index is 2.55. The van der Waals surface area contributed by atoms with Gasteiger partial charge in [-0.2, -0.15) is 0 Å². The summed E-state index contributed by atoms with van der Waals surface area (Å²) in [6.45, 7) is 0. The van der Waals surface area contributed by atoms with E-state index in [0.717, 1.165) is 16.1 Å². The summed E-state index contributed by atoms with van der Waals surface area (Å²) in [5.41, 5.74) is 3.22. The molecule has 2 nitrogen and oxygen atoms in total. The van der Waals surface area contributed by atoms with Crippen molar-refractivity contribution in [3.8, 4) is 0 Å². The summed E-state index contributed by atoms with van der Waals surface area (Å²) in [5.74, 6) is 0.449. The van der Waals surface area contributed by atoms with Gasteiger partial charge < -0.3 is 0 Å². The number of nitrogens with zero attached hydrogens (tertiary/aromatic N) is 1. The fourth-order valence-electron chi connectivity index (χ4n) is 1.07. The molecule has 1 heterocycles. The van der Waals surface area contributed by atoms with Gasteiger partial charge in [-0.1, -0.05) is 6.07 Å². The molecule has 1 aromatic carbocycles. The van der Waals surface area contributed by atoms with Gasteiger partial charge in [0.2, 0.25) is 0 Å². The van der Waals surface area contributed by atoms with Crippen molar-refractivity contribution in [3.05, 3.63) is 23.8 Å². The fourth-order valence-corrected chi connectivity index (χ4v) is 2.15. The first-order valence-corrected chi connectivity index (χ1v) is 5.19. The van der Waals surface area contributed by atoms with Crippen LogP contribution < -0.4 is 0 Å². The molecule has 0 saturated carbocycles. The molecule has 0 bridgehead atoms. The largest absolute Gasteiger partial charge is 0.248 e. The molecule has 12 heavy (non-hydrogen) atoms. The second-order valence-corrected chi connectivity index (χ2v) is 3.98. The van der Waals surface area contributed by atoms with Gasteiger partial charge in [0.1, 0.15) is 0 Å². The number of halogens is 1. The van der Waals surface area contributed by atoms with Crippen LogP contribution in [0.25, 0.3) is 0 Å². The van der Waals surface area contributed by atoms with Gasteiger partial charge in [0.05, 0.1) is 26.9 Å². The molecule has 0 saturated heterocycles. The highest BCUT2D eigenvalue weighted by Crippen LogP contribution is 2.28. The predicted molar refractivity (Wildman–Crippen MR) is 50.6 cm³/mol. The van der Waals surface area contributed by atoms with Crippen molar-refractivity contribution in [2.45, 2.75) is 10.8 Å². The third-order valence-corrected chi connectivity index (χ3v) is 3.05. The molecule has 1 aliphatic heterocycles. The molecular formula is C8H6ClNOS. The maximum absolute atomic E-state index is 11.3. The Morgan fingerprint density at radius 2 is 2.33 bits per heavy atom. The average Bonchev–Trinajstić information content (AvgIpc) is 2.47. The number of benzene rings is 1. The Hall–Kier alpha value is -0.670. The minimum atomic E-state index is -1.06. The molecule has 1 aliphatic rings. The summed E-state index contributed by atoms with van der Waals surface area (Å²) >= 11 is 5.64. The van der Waals surface area contributed by atoms with Crippen molar-refractivity contribution in [1.29, 1.82) is 0 Å². The van der Waals surface area contributed by atoms with Crippen LogP contribution in [-0.4, -0.2) is 9.76 Å². The van der Waals surface area contributed by atoms with E-state index >= 15 is 0 Å². The Kier molecular flexibility index (Phi) is 1.98. The van der Waals surface area contributed by atoms with E-state index in [-0.39, 0.29) is 0 Å². The van der Waals surface area contributed by atoms with Gasteiger partial charge in [0, 0.05) is 5.88 Å². The summed E-state index contributed by atoms with van der Waals surface area (Å²) in [6, 6.07) is 5.57. The van der Waals surface area contributed by atoms with E-state index in [9.17, 15) is 4.21 Å². The van der Waals surface area contributed by atoms with E-state index in [0.29, 0.717) is 5.88 Å². The van der Waals surface area contributed by atoms with Crippen molar-refractivity contribution < 1.29 is 4.21 Å². The van der Waals surface area contributed by atoms with Crippen LogP contribution in [0.3, 0.4) is 0 Å². The van der Waals surface area contributed by atoms with Crippen LogP contribution in [0.5, 0.6) is 0 Å². The second-order valence-electron chi connectivity index (χ2n) is 2.47. The highest BCUT2D eigenvalue weighted by molar-refractivity contribution is 7.99. The Labute approximate surface area is 77.7 Å². The maximum atomic E-state index is 11.3. The van der Waals surface area contributed by atoms with Crippen LogP contribution in [0.1, 0.15) is 5.56 Å². The van der Waals surface area contributed by atoms with Gasteiger partial charge in [0.15, 0.2) is 0 Å². The third-order valence-electron chi connectivity index (χ3n) is 1.68. The lowest BCUT2D eigenvalue weighted by molar-refractivity contribution is 0.691. The molecule has 1 atom stereocenters. The molecule has 0 amide bonds. The van der Waals surface area contributed by atoms with Crippen LogP contribution in [-0.2, 0) is 16.7 Å². The maximum Gasteiger partial charge on any atom is 0.0984 e. The van der Waals surface area contributed by atoms with Gasteiger partial charge in [-0.25, -0.2) is 9.20 Å². The first-order valence-electron chi connectivity index (χ1n) is 3.45. The second kappa shape index (κ2) is 2.99. The summed E-state index contributed by atoms with van der Waals surface area (Å²) in [6.07, 6.45) is 0. The van der Waals surface area contributed by atoms with Crippen LogP contribution in [0.4, 0.5) is 5.69 Å². The van der Waals surface area contributed by atoms with E-state index in [1.54, 1.807) is 0 Å². The van der Waals surface area contributed by atoms with Crippen molar-refractivity contribution in [3.63, 3.8) is 0 Å². The topological polar surface area (TPSA) is 29.4 Å². The summed E-state index contributed by atoms with van der Waals surface area (Å²) in [4.78, 5) is 4.76. The van der Waals surface area contributed by atoms with E-state index in [2.05, 4.69) is 4.99 Å². The number of aliphatic imine (C=N–C) groups is 1. The zero-order valence-electron chi connectivity index (χ0n) is 6.16. The molecule has 0 N–H and O–H groups in total. The molecule has 62 valence electrons. The lowest BCUT2D eigenvalue weighted by atomic mass is 10.2. The van der Waals surface area contributed by atoms with Gasteiger partial charge in [-0.15, -0.1) is 11.6 Å². The lowest BCUT2D eigenvalue weighted by Crippen LogP contribution is -1.86. The molecule has 0 aromatic heterocycles. The van der Waals surface area contributed by atoms with Crippen LogP contribution in [0.15, 0.2) is 28.1 Å². The number of fused-ring (bicyclic) bond motifs is 1. The molecule has 1 aromatic rings. The highest BCUT2D eigenvalue weighted by Gasteiger charge is 2.13. The number of alkyl halides is 1. The molecular weight excluding hydrogens is 194 g/mol. The quantitative estimate of drug-likeness (QED) is 0.638. The lowest BCUT2D eigenvalue weighted by Gasteiger charge is -1.98. The minimum absolute atomic E-state index is 0.449. The van der Waals surface area contributed by atoms with Crippen LogP contribution in [0, 0.1) is 0 Å². The van der Waals surface area contributed by atoms with Gasteiger partial charge in [-0.3, -0.25) is 0 Å². The molecule has 0 aliphatic carbocycles. The fraction of sp³-hybridized carbons (Fsp3) is 0.125. The van der Waals surface area contributed by atoms with E-state index in [4.69, 9.17) is 11.6 Å². The minimum Gasteiger partial charge on any atom is -0.248 e. The summed E-state index contributed by atoms with van der Waals surface area (Å²) < 4.78 is 11.3. The van der Waals surface area contributed by atoms with E-state index in [1.165, 1.54) is 5.55 Å².